The summed E-state index contributed by atoms with van der Waals surface area (Å²) in [5, 5.41) is 12.3. The third kappa shape index (κ3) is 6.06. The number of nitrogens with one attached hydrogen (secondary N) is 1. The van der Waals surface area contributed by atoms with Gasteiger partial charge in [0.15, 0.2) is 0 Å². The van der Waals surface area contributed by atoms with Crippen molar-refractivity contribution < 1.29 is 9.90 Å². The second-order valence-corrected chi connectivity index (χ2v) is 8.13. The van der Waals surface area contributed by atoms with Gasteiger partial charge < -0.3 is 10.4 Å². The molecule has 0 spiro atoms. The Kier molecular flexibility index (Phi) is 7.84. The molecule has 1 aromatic carbocycles. The molecule has 5 nitrogen and oxygen atoms in total. The highest BCUT2D eigenvalue weighted by atomic mass is 16.4. The second kappa shape index (κ2) is 10.8. The van der Waals surface area contributed by atoms with Gasteiger partial charge in [-0.2, -0.15) is 0 Å². The molecular weight excluding hydrogens is 374 g/mol. The van der Waals surface area contributed by atoms with Gasteiger partial charge in [0.05, 0.1) is 0 Å². The lowest BCUT2D eigenvalue weighted by molar-refractivity contribution is -0.139. The van der Waals surface area contributed by atoms with Crippen molar-refractivity contribution in [3.05, 3.63) is 59.2 Å². The molecular formula is C25H31N3O2. The van der Waals surface area contributed by atoms with Gasteiger partial charge in [0, 0.05) is 24.9 Å². The van der Waals surface area contributed by atoms with Gasteiger partial charge in [0.25, 0.3) is 0 Å². The SMILES string of the molecule is CCc1cnc(C#CN[C@@H](Cc2ccc([C@H]3CC[C@H](CC)CC3)cc2)C(=O)O)nc1. The maximum atomic E-state index is 11.6. The summed E-state index contributed by atoms with van der Waals surface area (Å²) in [7, 11) is 0. The molecule has 1 aromatic heterocycles. The zero-order chi connectivity index (χ0) is 21.3. The lowest BCUT2D eigenvalue weighted by Crippen LogP contribution is -2.35. The molecule has 0 amide bonds. The van der Waals surface area contributed by atoms with Gasteiger partial charge in [-0.05, 0) is 66.6 Å². The van der Waals surface area contributed by atoms with Crippen molar-refractivity contribution in [3.8, 4) is 12.0 Å². The van der Waals surface area contributed by atoms with E-state index in [1.54, 1.807) is 12.4 Å². The number of hydrogen-bond donors (Lipinski definition) is 2. The number of benzene rings is 1. The van der Waals surface area contributed by atoms with Gasteiger partial charge >= 0.3 is 5.97 Å². The number of carboxylic acid groups (broad SMARTS) is 1. The third-order valence-corrected chi connectivity index (χ3v) is 6.15. The number of aromatic nitrogens is 2. The van der Waals surface area contributed by atoms with Crippen LogP contribution in [0.3, 0.4) is 0 Å². The summed E-state index contributed by atoms with van der Waals surface area (Å²) in [6, 6.07) is 10.4. The quantitative estimate of drug-likeness (QED) is 0.530. The molecule has 158 valence electrons. The van der Waals surface area contributed by atoms with E-state index in [9.17, 15) is 9.90 Å². The van der Waals surface area contributed by atoms with E-state index >= 15 is 0 Å². The van der Waals surface area contributed by atoms with Gasteiger partial charge in [0.2, 0.25) is 5.82 Å². The van der Waals surface area contributed by atoms with E-state index in [-0.39, 0.29) is 0 Å². The number of carbonyl (C=O) groups is 1. The topological polar surface area (TPSA) is 75.1 Å². The molecule has 1 heterocycles. The minimum atomic E-state index is -0.923. The largest absolute Gasteiger partial charge is 0.480 e. The summed E-state index contributed by atoms with van der Waals surface area (Å²) in [4.78, 5) is 20.0. The molecule has 0 unspecified atom stereocenters. The van der Waals surface area contributed by atoms with Gasteiger partial charge in [0.1, 0.15) is 6.04 Å². The molecule has 5 heteroatoms. The first kappa shape index (κ1) is 21.8. The lowest BCUT2D eigenvalue weighted by atomic mass is 9.78. The predicted molar refractivity (Wildman–Crippen MR) is 118 cm³/mol. The van der Waals surface area contributed by atoms with E-state index in [4.69, 9.17) is 0 Å². The fourth-order valence-corrected chi connectivity index (χ4v) is 4.05. The predicted octanol–water partition coefficient (Wildman–Crippen LogP) is 4.32. The highest BCUT2D eigenvalue weighted by Gasteiger charge is 2.21. The molecule has 0 radical (unpaired) electrons. The number of aryl methyl sites for hydroxylation is 1. The number of rotatable bonds is 7. The van der Waals surface area contributed by atoms with E-state index in [0.29, 0.717) is 18.2 Å². The van der Waals surface area contributed by atoms with Crippen molar-refractivity contribution in [1.29, 1.82) is 0 Å². The minimum absolute atomic E-state index is 0.377. The molecule has 0 bridgehead atoms. The fraction of sp³-hybridized carbons (Fsp3) is 0.480. The summed E-state index contributed by atoms with van der Waals surface area (Å²) in [5.74, 6) is 3.77. The van der Waals surface area contributed by atoms with E-state index in [0.717, 1.165) is 23.5 Å². The molecule has 1 fully saturated rings. The summed E-state index contributed by atoms with van der Waals surface area (Å²) < 4.78 is 0. The van der Waals surface area contributed by atoms with Crippen LogP contribution in [0.1, 0.15) is 74.4 Å². The van der Waals surface area contributed by atoms with Crippen LogP contribution >= 0.6 is 0 Å². The number of nitrogens with zero attached hydrogens (tertiary/aromatic N) is 2. The molecule has 1 saturated carbocycles. The Balaban J connectivity index is 1.57. The molecule has 3 rings (SSSR count). The van der Waals surface area contributed by atoms with Crippen LogP contribution in [0.15, 0.2) is 36.7 Å². The first-order valence-corrected chi connectivity index (χ1v) is 11.0. The van der Waals surface area contributed by atoms with E-state index < -0.39 is 12.0 Å². The Hall–Kier alpha value is -2.87. The second-order valence-electron chi connectivity index (χ2n) is 8.13. The third-order valence-electron chi connectivity index (χ3n) is 6.15. The highest BCUT2D eigenvalue weighted by Crippen LogP contribution is 2.36. The molecule has 0 aliphatic heterocycles. The summed E-state index contributed by atoms with van der Waals surface area (Å²) in [6.07, 6.45) is 11.2. The minimum Gasteiger partial charge on any atom is -0.480 e. The van der Waals surface area contributed by atoms with E-state index in [2.05, 4.69) is 58.4 Å². The zero-order valence-corrected chi connectivity index (χ0v) is 17.9. The molecule has 2 aromatic rings. The normalized spacial score (nSPS) is 19.4. The maximum absolute atomic E-state index is 11.6. The average molecular weight is 406 g/mol. The highest BCUT2D eigenvalue weighted by molar-refractivity contribution is 5.74. The Bertz CT molecular complexity index is 873. The average Bonchev–Trinajstić information content (AvgIpc) is 2.79. The van der Waals surface area contributed by atoms with Crippen molar-refractivity contribution in [2.24, 2.45) is 5.92 Å². The Morgan fingerprint density at radius 3 is 2.33 bits per heavy atom. The summed E-state index contributed by atoms with van der Waals surface area (Å²) in [6.45, 7) is 4.32. The number of carboxylic acids is 1. The first-order chi connectivity index (χ1) is 14.6. The van der Waals surface area contributed by atoms with Crippen molar-refractivity contribution >= 4 is 5.97 Å². The number of aliphatic carboxylic acids is 1. The maximum Gasteiger partial charge on any atom is 0.327 e. The van der Waals surface area contributed by atoms with Gasteiger partial charge in [-0.15, -0.1) is 0 Å². The van der Waals surface area contributed by atoms with Crippen LogP contribution in [-0.4, -0.2) is 27.1 Å². The molecule has 2 N–H and O–H groups in total. The van der Waals surface area contributed by atoms with Gasteiger partial charge in [-0.1, -0.05) is 44.5 Å². The molecule has 1 atom stereocenters. The Labute approximate surface area is 179 Å². The standard InChI is InChI=1S/C25H31N3O2/c1-3-18-5-9-21(10-6-18)22-11-7-20(8-12-22)15-23(25(29)30)26-14-13-24-27-16-19(4-2)17-28-24/h7-8,11-12,16-18,21,23,26H,3-6,9-10,15H2,1-2H3,(H,29,30)/t18-,21-,23-/m0/s1. The summed E-state index contributed by atoms with van der Waals surface area (Å²) in [5.41, 5.74) is 3.41. The Morgan fingerprint density at radius 2 is 1.77 bits per heavy atom. The van der Waals surface area contributed by atoms with E-state index in [1.807, 2.05) is 6.92 Å². The number of hydrogen-bond acceptors (Lipinski definition) is 4. The fourth-order valence-electron chi connectivity index (χ4n) is 4.05. The van der Waals surface area contributed by atoms with Crippen LogP contribution in [0.5, 0.6) is 0 Å². The monoisotopic (exact) mass is 405 g/mol. The summed E-state index contributed by atoms with van der Waals surface area (Å²) >= 11 is 0. The van der Waals surface area contributed by atoms with Crippen molar-refractivity contribution in [2.45, 2.75) is 70.8 Å². The van der Waals surface area contributed by atoms with Crippen LogP contribution in [-0.2, 0) is 17.6 Å². The van der Waals surface area contributed by atoms with E-state index in [1.165, 1.54) is 37.7 Å². The lowest BCUT2D eigenvalue weighted by Gasteiger charge is -2.28. The zero-order valence-electron chi connectivity index (χ0n) is 17.9. The molecule has 1 aliphatic rings. The smallest absolute Gasteiger partial charge is 0.327 e. The van der Waals surface area contributed by atoms with Crippen LogP contribution in [0.2, 0.25) is 0 Å². The van der Waals surface area contributed by atoms with Gasteiger partial charge in [-0.25, -0.2) is 14.8 Å². The van der Waals surface area contributed by atoms with Crippen LogP contribution in [0.4, 0.5) is 0 Å². The first-order valence-electron chi connectivity index (χ1n) is 11.0. The van der Waals surface area contributed by atoms with Crippen molar-refractivity contribution in [3.63, 3.8) is 0 Å². The van der Waals surface area contributed by atoms with Crippen LogP contribution in [0.25, 0.3) is 0 Å². The Morgan fingerprint density at radius 1 is 1.10 bits per heavy atom. The molecule has 0 saturated heterocycles. The van der Waals surface area contributed by atoms with Crippen molar-refractivity contribution in [1.82, 2.24) is 15.3 Å². The van der Waals surface area contributed by atoms with Gasteiger partial charge in [-0.3, -0.25) is 0 Å². The van der Waals surface area contributed by atoms with Crippen LogP contribution < -0.4 is 5.32 Å². The van der Waals surface area contributed by atoms with Crippen molar-refractivity contribution in [2.75, 3.05) is 0 Å². The molecule has 1 aliphatic carbocycles. The van der Waals surface area contributed by atoms with Crippen LogP contribution in [0, 0.1) is 17.9 Å². The molecule has 30 heavy (non-hydrogen) atoms.